The van der Waals surface area contributed by atoms with Crippen molar-refractivity contribution in [2.45, 2.75) is 26.3 Å². The summed E-state index contributed by atoms with van der Waals surface area (Å²) >= 11 is 3.33. The number of allylic oxidation sites excluding steroid dienone is 1. The van der Waals surface area contributed by atoms with Crippen LogP contribution in [0.3, 0.4) is 0 Å². The molecule has 2 aromatic rings. The summed E-state index contributed by atoms with van der Waals surface area (Å²) in [6.45, 7) is 3.62. The predicted octanol–water partition coefficient (Wildman–Crippen LogP) is 3.04. The molecule has 1 atom stereocenters. The monoisotopic (exact) mass is 456 g/mol. The van der Waals surface area contributed by atoms with Gasteiger partial charge in [-0.2, -0.15) is 0 Å². The normalized spacial score (nSPS) is 17.6. The molecular weight excluding hydrogens is 436 g/mol. The van der Waals surface area contributed by atoms with Gasteiger partial charge in [0.05, 0.1) is 12.1 Å². The Bertz CT molecular complexity index is 968. The molecule has 2 aromatic carbocycles. The van der Waals surface area contributed by atoms with Gasteiger partial charge in [-0.1, -0.05) is 33.6 Å². The molecule has 29 heavy (non-hydrogen) atoms. The predicted molar refractivity (Wildman–Crippen MR) is 115 cm³/mol. The first-order chi connectivity index (χ1) is 13.8. The molecule has 1 aliphatic rings. The van der Waals surface area contributed by atoms with Gasteiger partial charge in [0.25, 0.3) is 5.91 Å². The number of nitrogens with one attached hydrogen (secondary N) is 4. The number of hydrazine groups is 1. The molecule has 150 valence electrons. The van der Waals surface area contributed by atoms with Gasteiger partial charge in [-0.05, 0) is 50.2 Å². The third-order valence-corrected chi connectivity index (χ3v) is 4.96. The number of carbonyl (C=O) groups excluding carboxylic acids is 3. The summed E-state index contributed by atoms with van der Waals surface area (Å²) in [4.78, 5) is 37.2. The van der Waals surface area contributed by atoms with Crippen LogP contribution in [0.4, 0.5) is 11.4 Å². The molecule has 1 heterocycles. The summed E-state index contributed by atoms with van der Waals surface area (Å²) in [5.41, 5.74) is 8.79. The highest BCUT2D eigenvalue weighted by Crippen LogP contribution is 2.18. The lowest BCUT2D eigenvalue weighted by molar-refractivity contribution is -0.121. The molecule has 0 radical (unpaired) electrons. The van der Waals surface area contributed by atoms with Crippen LogP contribution in [-0.2, 0) is 14.4 Å². The molecule has 7 nitrogen and oxygen atoms in total. The molecule has 0 bridgehead atoms. The maximum atomic E-state index is 12.7. The average Bonchev–Trinajstić information content (AvgIpc) is 2.96. The summed E-state index contributed by atoms with van der Waals surface area (Å²) < 4.78 is 0.894. The van der Waals surface area contributed by atoms with Crippen LogP contribution in [0.25, 0.3) is 0 Å². The second kappa shape index (κ2) is 8.91. The van der Waals surface area contributed by atoms with Gasteiger partial charge >= 0.3 is 0 Å². The van der Waals surface area contributed by atoms with E-state index in [0.29, 0.717) is 11.4 Å². The van der Waals surface area contributed by atoms with E-state index in [9.17, 15) is 14.4 Å². The minimum absolute atomic E-state index is 0.0195. The minimum Gasteiger partial charge on any atom is -0.341 e. The van der Waals surface area contributed by atoms with Crippen molar-refractivity contribution in [1.82, 2.24) is 10.7 Å². The maximum Gasteiger partial charge on any atom is 0.257 e. The lowest BCUT2D eigenvalue weighted by Gasteiger charge is -2.11. The van der Waals surface area contributed by atoms with Gasteiger partial charge < -0.3 is 21.5 Å². The molecule has 0 aliphatic carbocycles. The Morgan fingerprint density at radius 3 is 2.31 bits per heavy atom. The van der Waals surface area contributed by atoms with Gasteiger partial charge in [-0.15, -0.1) is 0 Å². The van der Waals surface area contributed by atoms with Crippen molar-refractivity contribution in [2.75, 3.05) is 10.7 Å². The second-order valence-electron chi connectivity index (χ2n) is 6.77. The number of rotatable bonds is 6. The highest BCUT2D eigenvalue weighted by Gasteiger charge is 2.38. The molecule has 3 rings (SSSR count). The van der Waals surface area contributed by atoms with Gasteiger partial charge in [0.2, 0.25) is 5.91 Å². The van der Waals surface area contributed by atoms with Crippen LogP contribution in [0.5, 0.6) is 0 Å². The van der Waals surface area contributed by atoms with E-state index in [0.717, 1.165) is 15.7 Å². The Morgan fingerprint density at radius 2 is 1.66 bits per heavy atom. The Balaban J connectivity index is 1.61. The Morgan fingerprint density at radius 1 is 1.03 bits per heavy atom. The first kappa shape index (κ1) is 20.6. The molecular formula is C21H21BrN4O3. The van der Waals surface area contributed by atoms with Crippen molar-refractivity contribution in [1.29, 1.82) is 0 Å². The van der Waals surface area contributed by atoms with Crippen molar-refractivity contribution in [2.24, 2.45) is 0 Å². The maximum absolute atomic E-state index is 12.7. The zero-order valence-electron chi connectivity index (χ0n) is 16.0. The standard InChI is InChI=1S/C21H21BrN4O3/c1-12-3-7-16(8-4-12)26-25-13(2)19-20(28)17(24-21(19)29)11-18(27)23-15-9-5-14(22)6-10-15/h3-10,17,25-26H,11H2,1-2H3,(H,23,27)(H,24,29). The van der Waals surface area contributed by atoms with Crippen LogP contribution < -0.4 is 21.5 Å². The molecule has 0 aromatic heterocycles. The molecule has 0 saturated carbocycles. The fourth-order valence-electron chi connectivity index (χ4n) is 2.88. The largest absolute Gasteiger partial charge is 0.341 e. The SMILES string of the molecule is CC(NNc1ccc(C)cc1)=C1C(=O)NC(CC(=O)Nc2ccc(Br)cc2)C1=O. The number of aryl methyl sites for hydroxylation is 1. The van der Waals surface area contributed by atoms with Crippen LogP contribution in [0, 0.1) is 6.92 Å². The number of hydrogen-bond donors (Lipinski definition) is 4. The quantitative estimate of drug-likeness (QED) is 0.304. The first-order valence-electron chi connectivity index (χ1n) is 9.03. The van der Waals surface area contributed by atoms with Crippen molar-refractivity contribution < 1.29 is 14.4 Å². The van der Waals surface area contributed by atoms with Gasteiger partial charge in [0, 0.05) is 15.9 Å². The van der Waals surface area contributed by atoms with E-state index in [1.165, 1.54) is 0 Å². The Hall–Kier alpha value is -3.13. The summed E-state index contributed by atoms with van der Waals surface area (Å²) in [6, 6.07) is 13.9. The first-order valence-corrected chi connectivity index (χ1v) is 9.83. The molecule has 1 saturated heterocycles. The van der Waals surface area contributed by atoms with Crippen molar-refractivity contribution in [3.63, 3.8) is 0 Å². The third-order valence-electron chi connectivity index (χ3n) is 4.43. The number of amides is 2. The number of benzene rings is 2. The molecule has 4 N–H and O–H groups in total. The molecule has 0 spiro atoms. The van der Waals surface area contributed by atoms with Gasteiger partial charge in [-0.3, -0.25) is 14.4 Å². The van der Waals surface area contributed by atoms with Crippen LogP contribution in [0.2, 0.25) is 0 Å². The molecule has 8 heteroatoms. The van der Waals surface area contributed by atoms with E-state index in [4.69, 9.17) is 0 Å². The topological polar surface area (TPSA) is 99.3 Å². The van der Waals surface area contributed by atoms with Gasteiger partial charge in [0.15, 0.2) is 5.78 Å². The van der Waals surface area contributed by atoms with E-state index in [2.05, 4.69) is 37.4 Å². The lowest BCUT2D eigenvalue weighted by atomic mass is 10.1. The van der Waals surface area contributed by atoms with Crippen LogP contribution >= 0.6 is 15.9 Å². The van der Waals surface area contributed by atoms with E-state index < -0.39 is 17.7 Å². The number of hydrogen-bond acceptors (Lipinski definition) is 5. The number of halogens is 1. The molecule has 1 fully saturated rings. The molecule has 1 aliphatic heterocycles. The zero-order valence-corrected chi connectivity index (χ0v) is 17.6. The minimum atomic E-state index is -0.885. The van der Waals surface area contributed by atoms with E-state index in [1.54, 1.807) is 31.2 Å². The highest BCUT2D eigenvalue weighted by atomic mass is 79.9. The number of carbonyl (C=O) groups is 3. The fourth-order valence-corrected chi connectivity index (χ4v) is 3.14. The van der Waals surface area contributed by atoms with E-state index >= 15 is 0 Å². The number of Topliss-reactive ketones (excluding diaryl/α,β-unsaturated/α-hetero) is 1. The molecule has 1 unspecified atom stereocenters. The number of ketones is 1. The van der Waals surface area contributed by atoms with E-state index in [-0.39, 0.29) is 17.9 Å². The van der Waals surface area contributed by atoms with E-state index in [1.807, 2.05) is 31.2 Å². The third kappa shape index (κ3) is 5.23. The fraction of sp³-hybridized carbons (Fsp3) is 0.190. The second-order valence-corrected chi connectivity index (χ2v) is 7.68. The average molecular weight is 457 g/mol. The Kier molecular flexibility index (Phi) is 6.33. The van der Waals surface area contributed by atoms with Crippen LogP contribution in [0.15, 0.2) is 64.3 Å². The lowest BCUT2D eigenvalue weighted by Crippen LogP contribution is -2.33. The van der Waals surface area contributed by atoms with Crippen molar-refractivity contribution in [3.05, 3.63) is 69.8 Å². The highest BCUT2D eigenvalue weighted by molar-refractivity contribution is 9.10. The van der Waals surface area contributed by atoms with Crippen LogP contribution in [-0.4, -0.2) is 23.6 Å². The van der Waals surface area contributed by atoms with Gasteiger partial charge in [0.1, 0.15) is 11.6 Å². The Labute approximate surface area is 177 Å². The smallest absolute Gasteiger partial charge is 0.257 e. The zero-order chi connectivity index (χ0) is 21.0. The summed E-state index contributed by atoms with van der Waals surface area (Å²) in [5.74, 6) is -1.25. The van der Waals surface area contributed by atoms with Crippen LogP contribution in [0.1, 0.15) is 18.9 Å². The summed E-state index contributed by atoms with van der Waals surface area (Å²) in [6.07, 6.45) is -0.136. The molecule has 2 amide bonds. The van der Waals surface area contributed by atoms with Crippen molar-refractivity contribution in [3.8, 4) is 0 Å². The number of anilines is 2. The van der Waals surface area contributed by atoms with Gasteiger partial charge in [-0.25, -0.2) is 0 Å². The van der Waals surface area contributed by atoms with Crippen molar-refractivity contribution >= 4 is 44.9 Å². The summed E-state index contributed by atoms with van der Waals surface area (Å²) in [7, 11) is 0. The summed E-state index contributed by atoms with van der Waals surface area (Å²) in [5, 5.41) is 5.30.